The molecule has 7 heteroatoms. The molecular formula is C37H50ClNO4Si. The van der Waals surface area contributed by atoms with Crippen LogP contribution in [0.1, 0.15) is 87.2 Å². The Morgan fingerprint density at radius 2 is 1.98 bits per heavy atom. The van der Waals surface area contributed by atoms with Crippen molar-refractivity contribution in [2.45, 2.75) is 102 Å². The Hall–Kier alpha value is -2.28. The van der Waals surface area contributed by atoms with Crippen molar-refractivity contribution in [3.05, 3.63) is 70.3 Å². The molecule has 0 amide bonds. The molecule has 0 aromatic heterocycles. The van der Waals surface area contributed by atoms with Gasteiger partial charge < -0.3 is 19.2 Å². The molecule has 1 heterocycles. The topological polar surface area (TPSA) is 59.0 Å². The third-order valence-electron chi connectivity index (χ3n) is 11.6. The lowest BCUT2D eigenvalue weighted by molar-refractivity contribution is -0.00454. The van der Waals surface area contributed by atoms with Crippen molar-refractivity contribution >= 4 is 31.6 Å². The molecule has 1 unspecified atom stereocenters. The Balaban J connectivity index is 1.35. The first-order valence-corrected chi connectivity index (χ1v) is 20.0. The number of ether oxygens (including phenoxy) is 1. The normalized spacial score (nSPS) is 27.5. The van der Waals surface area contributed by atoms with Crippen molar-refractivity contribution in [3.8, 4) is 5.75 Å². The molecule has 1 spiro atoms. The zero-order valence-corrected chi connectivity index (χ0v) is 29.0. The first kappa shape index (κ1) is 31.7. The van der Waals surface area contributed by atoms with E-state index in [0.717, 1.165) is 48.8 Å². The maximum Gasteiger partial charge on any atom is 0.335 e. The molecule has 0 bridgehead atoms. The zero-order valence-electron chi connectivity index (χ0n) is 27.2. The van der Waals surface area contributed by atoms with Crippen molar-refractivity contribution in [2.24, 2.45) is 17.8 Å². The Morgan fingerprint density at radius 3 is 2.66 bits per heavy atom. The second-order valence-electron chi connectivity index (χ2n) is 15.5. The molecule has 1 saturated carbocycles. The van der Waals surface area contributed by atoms with E-state index in [2.05, 4.69) is 63.0 Å². The lowest BCUT2D eigenvalue weighted by Gasteiger charge is -2.51. The second-order valence-corrected chi connectivity index (χ2v) is 20.7. The number of anilines is 1. The van der Waals surface area contributed by atoms with Gasteiger partial charge in [0.25, 0.3) is 0 Å². The van der Waals surface area contributed by atoms with Gasteiger partial charge in [0.05, 0.1) is 24.0 Å². The number of aryl methyl sites for hydroxylation is 1. The molecule has 5 nitrogen and oxygen atoms in total. The molecule has 5 atom stereocenters. The maximum absolute atomic E-state index is 12.1. The first-order valence-electron chi connectivity index (χ1n) is 16.8. The van der Waals surface area contributed by atoms with E-state index in [1.54, 1.807) is 6.07 Å². The van der Waals surface area contributed by atoms with Gasteiger partial charge in [-0.15, -0.1) is 0 Å². The number of carbonyl (C=O) groups is 1. The molecule has 1 N–H and O–H groups in total. The van der Waals surface area contributed by atoms with E-state index in [4.69, 9.17) is 20.8 Å². The minimum Gasteiger partial charge on any atom is -0.490 e. The van der Waals surface area contributed by atoms with E-state index in [-0.39, 0.29) is 16.6 Å². The van der Waals surface area contributed by atoms with Gasteiger partial charge in [0.2, 0.25) is 0 Å². The summed E-state index contributed by atoms with van der Waals surface area (Å²) in [6.07, 6.45) is 14.2. The minimum absolute atomic E-state index is 0.154. The number of hydrogen-bond acceptors (Lipinski definition) is 4. The highest BCUT2D eigenvalue weighted by atomic mass is 35.5. The van der Waals surface area contributed by atoms with Gasteiger partial charge >= 0.3 is 5.97 Å². The van der Waals surface area contributed by atoms with Crippen molar-refractivity contribution in [2.75, 3.05) is 24.6 Å². The van der Waals surface area contributed by atoms with E-state index in [0.29, 0.717) is 29.9 Å². The summed E-state index contributed by atoms with van der Waals surface area (Å²) in [5.41, 5.74) is 3.69. The highest BCUT2D eigenvalue weighted by Crippen LogP contribution is 2.49. The van der Waals surface area contributed by atoms with E-state index >= 15 is 0 Å². The third kappa shape index (κ3) is 6.11. The highest BCUT2D eigenvalue weighted by molar-refractivity contribution is 6.74. The summed E-state index contributed by atoms with van der Waals surface area (Å²) < 4.78 is 13.9. The van der Waals surface area contributed by atoms with Crippen LogP contribution in [0.4, 0.5) is 5.69 Å². The standard InChI is InChI=1S/C37H50ClNO4Si/c1-36(2,3)44(4,5)43-34(25-10-7-6-8-11-25)30-16-13-28(30)22-39-23-37(19-9-12-26-20-29(38)15-17-31(26)37)24-42-33-18-14-27(35(40)41)21-32(33)39/h7,10,14-15,17-18,20-21,25,28,30,34H,6,8-9,11-13,16,19,22-24H2,1-5H3,(H,40,41)/t25-,28-,30+,34+,37?/m0/s1. The average molecular weight is 636 g/mol. The van der Waals surface area contributed by atoms with E-state index in [1.165, 1.54) is 43.2 Å². The van der Waals surface area contributed by atoms with Crippen molar-refractivity contribution < 1.29 is 19.1 Å². The van der Waals surface area contributed by atoms with Gasteiger partial charge in [-0.25, -0.2) is 4.79 Å². The van der Waals surface area contributed by atoms with Crippen LogP contribution in [-0.4, -0.2) is 45.2 Å². The van der Waals surface area contributed by atoms with Gasteiger partial charge in [0.15, 0.2) is 8.32 Å². The molecular weight excluding hydrogens is 586 g/mol. The zero-order chi connectivity index (χ0) is 31.3. The van der Waals surface area contributed by atoms with E-state index < -0.39 is 14.3 Å². The van der Waals surface area contributed by atoms with Gasteiger partial charge in [-0.05, 0) is 123 Å². The molecule has 0 saturated heterocycles. The fourth-order valence-electron chi connectivity index (χ4n) is 7.91. The van der Waals surface area contributed by atoms with Crippen molar-refractivity contribution in [1.82, 2.24) is 0 Å². The lowest BCUT2D eigenvalue weighted by Crippen LogP contribution is -2.54. The van der Waals surface area contributed by atoms with Crippen LogP contribution in [0.5, 0.6) is 5.75 Å². The molecule has 2 aromatic carbocycles. The summed E-state index contributed by atoms with van der Waals surface area (Å²) in [4.78, 5) is 14.6. The summed E-state index contributed by atoms with van der Waals surface area (Å²) in [5.74, 6) is 1.31. The number of rotatable bonds is 7. The molecule has 1 fully saturated rings. The number of fused-ring (bicyclic) bond motifs is 3. The third-order valence-corrected chi connectivity index (χ3v) is 16.3. The van der Waals surface area contributed by atoms with Crippen LogP contribution in [-0.2, 0) is 16.3 Å². The van der Waals surface area contributed by atoms with Crippen LogP contribution < -0.4 is 9.64 Å². The number of carboxylic acids is 1. The van der Waals surface area contributed by atoms with Crippen molar-refractivity contribution in [1.29, 1.82) is 0 Å². The quantitative estimate of drug-likeness (QED) is 0.243. The summed E-state index contributed by atoms with van der Waals surface area (Å²) in [6, 6.07) is 11.7. The van der Waals surface area contributed by atoms with Gasteiger partial charge in [-0.1, -0.05) is 50.6 Å². The second kappa shape index (κ2) is 12.1. The fourth-order valence-corrected chi connectivity index (χ4v) is 9.48. The van der Waals surface area contributed by atoms with Crippen LogP contribution in [0.15, 0.2) is 48.6 Å². The Morgan fingerprint density at radius 1 is 1.16 bits per heavy atom. The number of carboxylic acid groups (broad SMARTS) is 1. The molecule has 2 aromatic rings. The highest BCUT2D eigenvalue weighted by Gasteiger charge is 2.48. The number of benzene rings is 2. The SMILES string of the molecule is CC(C)(C)[Si](C)(C)O[C@@H]([C@@H]1CC[C@H]1CN1CC2(CCCc3cc(Cl)ccc32)COc2ccc(C(=O)O)cc21)[C@H]1C=CCCC1. The summed E-state index contributed by atoms with van der Waals surface area (Å²) >= 11 is 6.45. The Bertz CT molecular complexity index is 1420. The molecule has 6 rings (SSSR count). The molecule has 44 heavy (non-hydrogen) atoms. The van der Waals surface area contributed by atoms with E-state index in [1.807, 2.05) is 18.2 Å². The van der Waals surface area contributed by atoms with Gasteiger partial charge in [0, 0.05) is 29.4 Å². The van der Waals surface area contributed by atoms with Crippen LogP contribution in [0.25, 0.3) is 0 Å². The lowest BCUT2D eigenvalue weighted by atomic mass is 9.66. The van der Waals surface area contributed by atoms with Crippen molar-refractivity contribution in [3.63, 3.8) is 0 Å². The minimum atomic E-state index is -1.98. The average Bonchev–Trinajstić information content (AvgIpc) is 3.11. The molecule has 1 aliphatic heterocycles. The number of nitrogens with zero attached hydrogens (tertiary/aromatic N) is 1. The van der Waals surface area contributed by atoms with E-state index in [9.17, 15) is 9.90 Å². The van der Waals surface area contributed by atoms with Crippen LogP contribution in [0, 0.1) is 17.8 Å². The van der Waals surface area contributed by atoms with Crippen LogP contribution in [0.2, 0.25) is 23.2 Å². The van der Waals surface area contributed by atoms with Gasteiger partial charge in [-0.3, -0.25) is 0 Å². The summed E-state index contributed by atoms with van der Waals surface area (Å²) in [7, 11) is -1.98. The molecule has 4 aliphatic rings. The molecule has 238 valence electrons. The number of aromatic carboxylic acids is 1. The Kier molecular flexibility index (Phi) is 8.75. The Labute approximate surface area is 270 Å². The number of halogens is 1. The molecule has 3 aliphatic carbocycles. The smallest absolute Gasteiger partial charge is 0.335 e. The van der Waals surface area contributed by atoms with Gasteiger partial charge in [-0.2, -0.15) is 0 Å². The van der Waals surface area contributed by atoms with Crippen LogP contribution in [0.3, 0.4) is 0 Å². The molecule has 0 radical (unpaired) electrons. The summed E-state index contributed by atoms with van der Waals surface area (Å²) in [5, 5.41) is 10.9. The predicted molar refractivity (Wildman–Crippen MR) is 182 cm³/mol. The van der Waals surface area contributed by atoms with Crippen LogP contribution >= 0.6 is 11.6 Å². The first-order chi connectivity index (χ1) is 20.9. The monoisotopic (exact) mass is 635 g/mol. The number of hydrogen-bond donors (Lipinski definition) is 1. The largest absolute Gasteiger partial charge is 0.490 e. The van der Waals surface area contributed by atoms with Gasteiger partial charge in [0.1, 0.15) is 5.75 Å². The fraction of sp³-hybridized carbons (Fsp3) is 0.595. The number of allylic oxidation sites excluding steroid dienone is 1. The maximum atomic E-state index is 12.1. The predicted octanol–water partition coefficient (Wildman–Crippen LogP) is 9.28. The summed E-state index contributed by atoms with van der Waals surface area (Å²) in [6.45, 7) is 14.1.